The molecular weight excluding hydrogens is 324 g/mol. The van der Waals surface area contributed by atoms with E-state index >= 15 is 0 Å². The highest BCUT2D eigenvalue weighted by Gasteiger charge is 2.25. The predicted molar refractivity (Wildman–Crippen MR) is 85.3 cm³/mol. The molecule has 0 radical (unpaired) electrons. The number of piperazine rings is 1. The number of amides is 1. The van der Waals surface area contributed by atoms with Crippen molar-refractivity contribution in [1.82, 2.24) is 9.80 Å². The topological polar surface area (TPSA) is 56.9 Å². The summed E-state index contributed by atoms with van der Waals surface area (Å²) < 4.78 is 5.83. The molecule has 0 aliphatic carbocycles. The second kappa shape index (κ2) is 6.83. The summed E-state index contributed by atoms with van der Waals surface area (Å²) in [5.74, 6) is 0.606. The van der Waals surface area contributed by atoms with Crippen LogP contribution in [-0.4, -0.2) is 53.5 Å². The van der Waals surface area contributed by atoms with Gasteiger partial charge in [0.25, 0.3) is 5.91 Å². The number of rotatable bonds is 4. The van der Waals surface area contributed by atoms with Crippen LogP contribution in [0.2, 0.25) is 4.34 Å². The van der Waals surface area contributed by atoms with Crippen LogP contribution >= 0.6 is 22.9 Å². The largest absolute Gasteiger partial charge is 0.467 e. The van der Waals surface area contributed by atoms with E-state index in [1.165, 1.54) is 11.3 Å². The number of hydrogen-bond acceptors (Lipinski definition) is 5. The smallest absolute Gasteiger partial charge is 0.264 e. The molecule has 3 heterocycles. The third-order valence-corrected chi connectivity index (χ3v) is 4.97. The fourth-order valence-corrected chi connectivity index (χ4v) is 3.55. The van der Waals surface area contributed by atoms with Gasteiger partial charge in [-0.25, -0.2) is 0 Å². The van der Waals surface area contributed by atoms with E-state index in [4.69, 9.17) is 16.0 Å². The molecule has 118 valence electrons. The van der Waals surface area contributed by atoms with Crippen LogP contribution in [0, 0.1) is 0 Å². The van der Waals surface area contributed by atoms with Crippen molar-refractivity contribution in [3.05, 3.63) is 45.5 Å². The van der Waals surface area contributed by atoms with E-state index in [0.717, 1.165) is 13.1 Å². The number of carbonyl (C=O) groups is 1. The Kier molecular flexibility index (Phi) is 4.83. The molecule has 22 heavy (non-hydrogen) atoms. The molecule has 0 spiro atoms. The van der Waals surface area contributed by atoms with Crippen molar-refractivity contribution in [3.63, 3.8) is 0 Å². The Hall–Kier alpha value is -1.34. The van der Waals surface area contributed by atoms with Crippen LogP contribution in [0.25, 0.3) is 0 Å². The lowest BCUT2D eigenvalue weighted by Crippen LogP contribution is -2.49. The van der Waals surface area contributed by atoms with Crippen molar-refractivity contribution in [3.8, 4) is 0 Å². The van der Waals surface area contributed by atoms with Crippen LogP contribution in [0.3, 0.4) is 0 Å². The van der Waals surface area contributed by atoms with E-state index in [1.54, 1.807) is 30.5 Å². The quantitative estimate of drug-likeness (QED) is 0.929. The Balaban J connectivity index is 1.51. The molecule has 1 atom stereocenters. The van der Waals surface area contributed by atoms with E-state index in [9.17, 15) is 9.90 Å². The molecule has 1 amide bonds. The Morgan fingerprint density at radius 1 is 1.32 bits per heavy atom. The summed E-state index contributed by atoms with van der Waals surface area (Å²) in [7, 11) is 0. The molecule has 1 aliphatic rings. The summed E-state index contributed by atoms with van der Waals surface area (Å²) in [6.07, 6.45) is 0.926. The molecule has 2 aromatic heterocycles. The van der Waals surface area contributed by atoms with E-state index in [1.807, 2.05) is 4.90 Å². The molecule has 1 N–H and O–H groups in total. The fraction of sp³-hybridized carbons (Fsp3) is 0.400. The second-order valence-electron chi connectivity index (χ2n) is 5.23. The van der Waals surface area contributed by atoms with Gasteiger partial charge in [-0.2, -0.15) is 0 Å². The molecule has 1 saturated heterocycles. The molecule has 7 heteroatoms. The zero-order valence-electron chi connectivity index (χ0n) is 11.9. The van der Waals surface area contributed by atoms with Crippen LogP contribution in [0.1, 0.15) is 21.5 Å². The number of halogens is 1. The van der Waals surface area contributed by atoms with Crippen LogP contribution in [0.4, 0.5) is 0 Å². The number of aliphatic hydroxyl groups excluding tert-OH is 1. The van der Waals surface area contributed by atoms with Gasteiger partial charge in [-0.05, 0) is 24.3 Å². The lowest BCUT2D eigenvalue weighted by Gasteiger charge is -2.35. The Bertz CT molecular complexity index is 621. The Morgan fingerprint density at radius 3 is 2.68 bits per heavy atom. The van der Waals surface area contributed by atoms with E-state index in [-0.39, 0.29) is 5.91 Å². The van der Waals surface area contributed by atoms with Gasteiger partial charge in [0.2, 0.25) is 0 Å². The average molecular weight is 341 g/mol. The van der Waals surface area contributed by atoms with Crippen molar-refractivity contribution in [1.29, 1.82) is 0 Å². The lowest BCUT2D eigenvalue weighted by molar-refractivity contribution is 0.0489. The van der Waals surface area contributed by atoms with Gasteiger partial charge in [0.1, 0.15) is 11.9 Å². The second-order valence-corrected chi connectivity index (χ2v) is 6.94. The number of thiophene rings is 1. The predicted octanol–water partition coefficient (Wildman–Crippen LogP) is 2.49. The van der Waals surface area contributed by atoms with Crippen LogP contribution in [-0.2, 0) is 0 Å². The van der Waals surface area contributed by atoms with Crippen LogP contribution in [0.5, 0.6) is 0 Å². The first kappa shape index (κ1) is 15.6. The van der Waals surface area contributed by atoms with Gasteiger partial charge < -0.3 is 14.4 Å². The minimum atomic E-state index is -0.631. The molecule has 0 bridgehead atoms. The van der Waals surface area contributed by atoms with E-state index < -0.39 is 6.10 Å². The first-order valence-corrected chi connectivity index (χ1v) is 8.31. The van der Waals surface area contributed by atoms with Gasteiger partial charge >= 0.3 is 0 Å². The maximum absolute atomic E-state index is 12.3. The van der Waals surface area contributed by atoms with Crippen molar-refractivity contribution in [2.45, 2.75) is 6.10 Å². The third-order valence-electron chi connectivity index (χ3n) is 3.75. The fourth-order valence-electron chi connectivity index (χ4n) is 2.53. The minimum Gasteiger partial charge on any atom is -0.467 e. The molecule has 2 aromatic rings. The zero-order chi connectivity index (χ0) is 15.5. The van der Waals surface area contributed by atoms with Crippen molar-refractivity contribution < 1.29 is 14.3 Å². The Labute approximate surface area is 137 Å². The SMILES string of the molecule is O=C(c1ccc(Cl)s1)N1CCN(CC(O)c2ccco2)CC1. The summed E-state index contributed by atoms with van der Waals surface area (Å²) >= 11 is 7.18. The number of carbonyl (C=O) groups excluding carboxylic acids is 1. The normalized spacial score (nSPS) is 17.6. The number of aliphatic hydroxyl groups is 1. The summed E-state index contributed by atoms with van der Waals surface area (Å²) in [5, 5.41) is 10.1. The summed E-state index contributed by atoms with van der Waals surface area (Å²) in [5.41, 5.74) is 0. The highest BCUT2D eigenvalue weighted by Crippen LogP contribution is 2.23. The molecular formula is C15H17ClN2O3S. The van der Waals surface area contributed by atoms with Crippen LogP contribution in [0.15, 0.2) is 34.9 Å². The first-order valence-electron chi connectivity index (χ1n) is 7.12. The van der Waals surface area contributed by atoms with Gasteiger partial charge in [0.05, 0.1) is 15.5 Å². The maximum Gasteiger partial charge on any atom is 0.264 e. The first-order chi connectivity index (χ1) is 10.6. The number of β-amino-alcohol motifs (C(OH)–C–C–N with tert-alkyl or cyclic N) is 1. The number of hydrogen-bond donors (Lipinski definition) is 1. The van der Waals surface area contributed by atoms with Crippen molar-refractivity contribution >= 4 is 28.8 Å². The molecule has 5 nitrogen and oxygen atoms in total. The average Bonchev–Trinajstić information content (AvgIpc) is 3.18. The number of nitrogens with zero attached hydrogens (tertiary/aromatic N) is 2. The number of furan rings is 1. The van der Waals surface area contributed by atoms with Gasteiger partial charge in [0, 0.05) is 32.7 Å². The zero-order valence-corrected chi connectivity index (χ0v) is 13.5. The standard InChI is InChI=1S/C15H17ClN2O3S/c16-14-4-3-13(22-14)15(20)18-7-5-17(6-8-18)10-11(19)12-2-1-9-21-12/h1-4,9,11,19H,5-8,10H2. The summed E-state index contributed by atoms with van der Waals surface area (Å²) in [4.78, 5) is 17.0. The monoisotopic (exact) mass is 340 g/mol. The molecule has 1 fully saturated rings. The highest BCUT2D eigenvalue weighted by atomic mass is 35.5. The third kappa shape index (κ3) is 3.52. The minimum absolute atomic E-state index is 0.0307. The summed E-state index contributed by atoms with van der Waals surface area (Å²) in [6.45, 7) is 3.30. The van der Waals surface area contributed by atoms with Crippen LogP contribution < -0.4 is 0 Å². The highest BCUT2D eigenvalue weighted by molar-refractivity contribution is 7.17. The van der Waals surface area contributed by atoms with Gasteiger partial charge in [-0.3, -0.25) is 9.69 Å². The van der Waals surface area contributed by atoms with E-state index in [0.29, 0.717) is 34.6 Å². The van der Waals surface area contributed by atoms with Crippen molar-refractivity contribution in [2.75, 3.05) is 32.7 Å². The molecule has 0 saturated carbocycles. The maximum atomic E-state index is 12.3. The summed E-state index contributed by atoms with van der Waals surface area (Å²) in [6, 6.07) is 7.05. The molecule has 1 unspecified atom stereocenters. The van der Waals surface area contributed by atoms with Gasteiger partial charge in [-0.1, -0.05) is 11.6 Å². The van der Waals surface area contributed by atoms with Gasteiger partial charge in [-0.15, -0.1) is 11.3 Å². The van der Waals surface area contributed by atoms with E-state index in [2.05, 4.69) is 4.90 Å². The lowest BCUT2D eigenvalue weighted by atomic mass is 10.2. The molecule has 1 aliphatic heterocycles. The molecule has 3 rings (SSSR count). The van der Waals surface area contributed by atoms with Gasteiger partial charge in [0.15, 0.2) is 0 Å². The van der Waals surface area contributed by atoms with Crippen molar-refractivity contribution in [2.24, 2.45) is 0 Å². The Morgan fingerprint density at radius 2 is 2.09 bits per heavy atom. The molecule has 0 aromatic carbocycles.